The number of imide groups is 1. The predicted molar refractivity (Wildman–Crippen MR) is 88.8 cm³/mol. The van der Waals surface area contributed by atoms with E-state index < -0.39 is 23.9 Å². The van der Waals surface area contributed by atoms with Gasteiger partial charge in [-0.2, -0.15) is 0 Å². The number of carbonyl (C=O) groups is 4. The Hall–Kier alpha value is -2.90. The molecule has 1 aliphatic rings. The molecule has 1 aromatic carbocycles. The number of amides is 4. The van der Waals surface area contributed by atoms with Crippen LogP contribution in [0.4, 0.5) is 4.79 Å². The number of hydrogen-bond donors (Lipinski definition) is 3. The van der Waals surface area contributed by atoms with Crippen molar-refractivity contribution in [3.05, 3.63) is 35.4 Å². The number of carbonyl (C=O) groups excluding carboxylic acids is 3. The summed E-state index contributed by atoms with van der Waals surface area (Å²) >= 11 is 0. The van der Waals surface area contributed by atoms with Crippen LogP contribution in [-0.2, 0) is 16.1 Å². The molecule has 8 nitrogen and oxygen atoms in total. The molecule has 0 bridgehead atoms. The summed E-state index contributed by atoms with van der Waals surface area (Å²) in [6, 6.07) is 5.02. The standard InChI is InChI=1S/C17H21N3O5/c1-2-3-7-13(16(23)24)19-15(22)12-6-4-5-11(8-12)10-20-14(21)9-18-17(20)25/h4-6,8,13H,2-3,7,9-10H2,1H3,(H,18,25)(H,19,22)(H,23,24)/t13-/m0/s1. The molecular formula is C17H21N3O5. The summed E-state index contributed by atoms with van der Waals surface area (Å²) < 4.78 is 0. The highest BCUT2D eigenvalue weighted by Gasteiger charge is 2.28. The van der Waals surface area contributed by atoms with Gasteiger partial charge in [0.1, 0.15) is 6.04 Å². The number of rotatable bonds is 8. The largest absolute Gasteiger partial charge is 0.480 e. The maximum absolute atomic E-state index is 12.3. The van der Waals surface area contributed by atoms with E-state index in [9.17, 15) is 24.3 Å². The van der Waals surface area contributed by atoms with Crippen LogP contribution in [0.15, 0.2) is 24.3 Å². The molecule has 3 N–H and O–H groups in total. The average molecular weight is 347 g/mol. The van der Waals surface area contributed by atoms with Crippen LogP contribution in [0.3, 0.4) is 0 Å². The molecule has 1 atom stereocenters. The minimum atomic E-state index is -1.07. The van der Waals surface area contributed by atoms with Crippen molar-refractivity contribution < 1.29 is 24.3 Å². The van der Waals surface area contributed by atoms with E-state index >= 15 is 0 Å². The second-order valence-electron chi connectivity index (χ2n) is 5.85. The number of benzene rings is 1. The van der Waals surface area contributed by atoms with Crippen molar-refractivity contribution in [2.45, 2.75) is 38.8 Å². The fourth-order valence-electron chi connectivity index (χ4n) is 2.52. The number of nitrogens with zero attached hydrogens (tertiary/aromatic N) is 1. The van der Waals surface area contributed by atoms with Crippen LogP contribution in [0, 0.1) is 0 Å². The van der Waals surface area contributed by atoms with Gasteiger partial charge in [0, 0.05) is 5.56 Å². The maximum Gasteiger partial charge on any atom is 0.326 e. The van der Waals surface area contributed by atoms with E-state index in [0.717, 1.165) is 11.3 Å². The third-order valence-corrected chi connectivity index (χ3v) is 3.92. The normalized spacial score (nSPS) is 15.0. The Bertz CT molecular complexity index is 673. The molecule has 1 saturated heterocycles. The fourth-order valence-corrected chi connectivity index (χ4v) is 2.52. The zero-order valence-corrected chi connectivity index (χ0v) is 13.9. The third-order valence-electron chi connectivity index (χ3n) is 3.92. The number of aliphatic carboxylic acids is 1. The van der Waals surface area contributed by atoms with Crippen LogP contribution in [-0.4, -0.2) is 46.4 Å². The van der Waals surface area contributed by atoms with E-state index in [1.54, 1.807) is 24.3 Å². The lowest BCUT2D eigenvalue weighted by molar-refractivity contribution is -0.139. The van der Waals surface area contributed by atoms with Crippen molar-refractivity contribution in [1.82, 2.24) is 15.5 Å². The van der Waals surface area contributed by atoms with Crippen molar-refractivity contribution >= 4 is 23.8 Å². The minimum Gasteiger partial charge on any atom is -0.480 e. The molecule has 1 fully saturated rings. The van der Waals surface area contributed by atoms with Crippen molar-refractivity contribution in [3.8, 4) is 0 Å². The van der Waals surface area contributed by atoms with Crippen LogP contribution < -0.4 is 10.6 Å². The lowest BCUT2D eigenvalue weighted by atomic mass is 10.1. The van der Waals surface area contributed by atoms with Gasteiger partial charge in [-0.3, -0.25) is 14.5 Å². The summed E-state index contributed by atoms with van der Waals surface area (Å²) in [4.78, 5) is 47.8. The number of hydrogen-bond acceptors (Lipinski definition) is 4. The summed E-state index contributed by atoms with van der Waals surface area (Å²) in [7, 11) is 0. The summed E-state index contributed by atoms with van der Waals surface area (Å²) in [5, 5.41) is 14.1. The number of urea groups is 1. The molecule has 4 amide bonds. The predicted octanol–water partition coefficient (Wildman–Crippen LogP) is 1.11. The molecule has 2 rings (SSSR count). The minimum absolute atomic E-state index is 0.0310. The first-order chi connectivity index (χ1) is 11.9. The maximum atomic E-state index is 12.3. The lowest BCUT2D eigenvalue weighted by Gasteiger charge is -2.15. The van der Waals surface area contributed by atoms with Gasteiger partial charge in [-0.15, -0.1) is 0 Å². The summed E-state index contributed by atoms with van der Waals surface area (Å²) in [5.41, 5.74) is 0.894. The smallest absolute Gasteiger partial charge is 0.326 e. The first-order valence-corrected chi connectivity index (χ1v) is 8.13. The van der Waals surface area contributed by atoms with Crippen LogP contribution in [0.2, 0.25) is 0 Å². The van der Waals surface area contributed by atoms with Gasteiger partial charge >= 0.3 is 12.0 Å². The van der Waals surface area contributed by atoms with Gasteiger partial charge in [0.2, 0.25) is 5.91 Å². The Morgan fingerprint density at radius 3 is 2.72 bits per heavy atom. The highest BCUT2D eigenvalue weighted by molar-refractivity contribution is 6.02. The van der Waals surface area contributed by atoms with Crippen molar-refractivity contribution in [2.75, 3.05) is 6.54 Å². The van der Waals surface area contributed by atoms with E-state index in [1.807, 2.05) is 6.92 Å². The molecule has 0 unspecified atom stereocenters. The molecule has 8 heteroatoms. The van der Waals surface area contributed by atoms with Crippen LogP contribution >= 0.6 is 0 Å². The zero-order valence-electron chi connectivity index (χ0n) is 13.9. The highest BCUT2D eigenvalue weighted by atomic mass is 16.4. The van der Waals surface area contributed by atoms with Gasteiger partial charge in [0.15, 0.2) is 0 Å². The molecular weight excluding hydrogens is 326 g/mol. The SMILES string of the molecule is CCCC[C@H](NC(=O)c1cccc(CN2C(=O)CNC2=O)c1)C(=O)O. The summed E-state index contributed by atoms with van der Waals surface area (Å²) in [6.07, 6.45) is 1.89. The van der Waals surface area contributed by atoms with Crippen molar-refractivity contribution in [3.63, 3.8) is 0 Å². The molecule has 0 radical (unpaired) electrons. The average Bonchev–Trinajstić information content (AvgIpc) is 2.90. The molecule has 1 aliphatic heterocycles. The molecule has 134 valence electrons. The van der Waals surface area contributed by atoms with E-state index in [2.05, 4.69) is 10.6 Å². The van der Waals surface area contributed by atoms with Gasteiger partial charge in [-0.1, -0.05) is 31.9 Å². The van der Waals surface area contributed by atoms with E-state index in [0.29, 0.717) is 18.4 Å². The molecule has 25 heavy (non-hydrogen) atoms. The van der Waals surface area contributed by atoms with Crippen LogP contribution in [0.1, 0.15) is 42.1 Å². The fraction of sp³-hybridized carbons (Fsp3) is 0.412. The molecule has 0 aliphatic carbocycles. The van der Waals surface area contributed by atoms with Crippen molar-refractivity contribution in [1.29, 1.82) is 0 Å². The van der Waals surface area contributed by atoms with E-state index in [1.165, 1.54) is 0 Å². The van der Waals surface area contributed by atoms with Gasteiger partial charge < -0.3 is 15.7 Å². The highest BCUT2D eigenvalue weighted by Crippen LogP contribution is 2.12. The van der Waals surface area contributed by atoms with E-state index in [4.69, 9.17) is 0 Å². The summed E-state index contributed by atoms with van der Waals surface area (Å²) in [5.74, 6) is -1.90. The molecule has 0 spiro atoms. The zero-order chi connectivity index (χ0) is 18.4. The topological polar surface area (TPSA) is 116 Å². The molecule has 0 aromatic heterocycles. The first kappa shape index (κ1) is 18.4. The second kappa shape index (κ2) is 8.27. The van der Waals surface area contributed by atoms with Gasteiger partial charge in [0.25, 0.3) is 5.91 Å². The van der Waals surface area contributed by atoms with E-state index in [-0.39, 0.29) is 24.6 Å². The number of carboxylic acid groups (broad SMARTS) is 1. The quantitative estimate of drug-likeness (QED) is 0.609. The number of carboxylic acids is 1. The molecule has 0 saturated carbocycles. The monoisotopic (exact) mass is 347 g/mol. The Kier molecular flexibility index (Phi) is 6.10. The Balaban J connectivity index is 2.06. The number of nitrogens with one attached hydrogen (secondary N) is 2. The van der Waals surface area contributed by atoms with Crippen LogP contribution in [0.25, 0.3) is 0 Å². The first-order valence-electron chi connectivity index (χ1n) is 8.13. The molecule has 1 heterocycles. The lowest BCUT2D eigenvalue weighted by Crippen LogP contribution is -2.40. The Morgan fingerprint density at radius 1 is 1.36 bits per heavy atom. The summed E-state index contributed by atoms with van der Waals surface area (Å²) in [6.45, 7) is 1.97. The third kappa shape index (κ3) is 4.79. The number of unbranched alkanes of at least 4 members (excludes halogenated alkanes) is 1. The van der Waals surface area contributed by atoms with Crippen LogP contribution in [0.5, 0.6) is 0 Å². The van der Waals surface area contributed by atoms with Gasteiger partial charge in [0.05, 0.1) is 13.1 Å². The Morgan fingerprint density at radius 2 is 2.12 bits per heavy atom. The molecule has 1 aromatic rings. The Labute approximate surface area is 145 Å². The van der Waals surface area contributed by atoms with Gasteiger partial charge in [-0.25, -0.2) is 9.59 Å². The second-order valence-corrected chi connectivity index (χ2v) is 5.85. The van der Waals surface area contributed by atoms with Crippen molar-refractivity contribution in [2.24, 2.45) is 0 Å². The van der Waals surface area contributed by atoms with Gasteiger partial charge in [-0.05, 0) is 24.1 Å².